The second-order valence-electron chi connectivity index (χ2n) is 12.6. The summed E-state index contributed by atoms with van der Waals surface area (Å²) >= 11 is 0. The van der Waals surface area contributed by atoms with Crippen LogP contribution in [-0.2, 0) is 52.7 Å². The zero-order valence-corrected chi connectivity index (χ0v) is 30.2. The molecule has 3 heterocycles. The summed E-state index contributed by atoms with van der Waals surface area (Å²) in [6.07, 6.45) is 4.02. The highest BCUT2D eigenvalue weighted by atomic mass is 31.2. The molecule has 5 rings (SSSR count). The average Bonchev–Trinajstić information content (AvgIpc) is 3.63. The summed E-state index contributed by atoms with van der Waals surface area (Å²) in [6.45, 7) is 3.47. The van der Waals surface area contributed by atoms with Gasteiger partial charge in [-0.1, -0.05) is 25.5 Å². The van der Waals surface area contributed by atoms with E-state index in [1.165, 1.54) is 18.2 Å². The van der Waals surface area contributed by atoms with Crippen LogP contribution in [0.15, 0.2) is 36.4 Å². The van der Waals surface area contributed by atoms with Gasteiger partial charge in [0.05, 0.1) is 24.0 Å². The average molecular weight is 755 g/mol. The first-order valence-corrected chi connectivity index (χ1v) is 18.9. The number of nitrogens with zero attached hydrogens (tertiary/aromatic N) is 4. The van der Waals surface area contributed by atoms with Crippen molar-refractivity contribution >= 4 is 59.3 Å². The summed E-state index contributed by atoms with van der Waals surface area (Å²) in [5.74, 6) is -1.49. The number of aromatic nitrogens is 3. The van der Waals surface area contributed by atoms with Gasteiger partial charge in [-0.25, -0.2) is 19.3 Å². The minimum atomic E-state index is -4.81. The number of hydrogen-bond acceptors (Lipinski definition) is 12. The molecule has 1 fully saturated rings. The van der Waals surface area contributed by atoms with Crippen LogP contribution in [0.3, 0.4) is 0 Å². The van der Waals surface area contributed by atoms with E-state index in [0.717, 1.165) is 41.6 Å². The molecule has 0 aliphatic carbocycles. The second kappa shape index (κ2) is 17.6. The van der Waals surface area contributed by atoms with E-state index in [1.807, 2.05) is 22.8 Å². The van der Waals surface area contributed by atoms with Crippen molar-refractivity contribution in [3.05, 3.63) is 53.3 Å². The molecule has 1 aliphatic heterocycles. The molecule has 0 radical (unpaired) electrons. The normalized spacial score (nSPS) is 13.3. The lowest BCUT2D eigenvalue weighted by Crippen LogP contribution is -2.32. The van der Waals surface area contributed by atoms with Crippen LogP contribution in [0.25, 0.3) is 21.9 Å². The molecule has 0 saturated carbocycles. The molecule has 4 aromatic rings. The number of carbonyl (C=O) groups is 4. The lowest BCUT2D eigenvalue weighted by Gasteiger charge is -2.14. The predicted molar refractivity (Wildman–Crippen MR) is 191 cm³/mol. The molecule has 1 aliphatic rings. The number of aryl methyl sites for hydroxylation is 2. The summed E-state index contributed by atoms with van der Waals surface area (Å²) in [6, 6.07) is 9.92. The monoisotopic (exact) mass is 754 g/mol. The Morgan fingerprint density at radius 1 is 0.981 bits per heavy atom. The maximum Gasteiger partial charge on any atom is 0.524 e. The quantitative estimate of drug-likeness (QED) is 0.0522. The third-order valence-corrected chi connectivity index (χ3v) is 8.95. The number of rotatable bonds is 19. The first-order chi connectivity index (χ1) is 25.3. The standard InChI is InChI=1S/C35H43N6O11P/c1-2-3-7-28-39-33-34(40(28)21-23-20-24(9-11-27(23)42)52-53(47,48)49)25-10-8-22(19-26(25)38-35(33)36)6-4-17-50-18-5-16-37-29(43)12-15-32(46)51-41-30(44)13-14-31(41)45/h8-11,19-20,42H,2-7,12-18,21H2,1H3,(H2,36,38)(H,37,43)(H2,47,48,49). The number of aromatic hydroxyl groups is 1. The van der Waals surface area contributed by atoms with Crippen molar-refractivity contribution in [1.82, 2.24) is 24.9 Å². The van der Waals surface area contributed by atoms with Crippen LogP contribution < -0.4 is 15.6 Å². The van der Waals surface area contributed by atoms with Crippen molar-refractivity contribution in [2.75, 3.05) is 25.5 Å². The van der Waals surface area contributed by atoms with Crippen LogP contribution >= 0.6 is 7.82 Å². The van der Waals surface area contributed by atoms with E-state index in [1.54, 1.807) is 0 Å². The zero-order chi connectivity index (χ0) is 38.1. The molecular weight excluding hydrogens is 711 g/mol. The number of phosphoric acid groups is 1. The summed E-state index contributed by atoms with van der Waals surface area (Å²) in [7, 11) is -4.81. The summed E-state index contributed by atoms with van der Waals surface area (Å²) in [4.78, 5) is 79.7. The van der Waals surface area contributed by atoms with Gasteiger partial charge in [-0.05, 0) is 55.5 Å². The van der Waals surface area contributed by atoms with Crippen molar-refractivity contribution in [2.45, 2.75) is 77.7 Å². The number of pyridine rings is 1. The molecule has 1 saturated heterocycles. The number of nitrogens with two attached hydrogens (primary N) is 1. The van der Waals surface area contributed by atoms with Crippen LogP contribution in [0.1, 0.15) is 75.2 Å². The fraction of sp³-hybridized carbons (Fsp3) is 0.429. The van der Waals surface area contributed by atoms with E-state index < -0.39 is 25.6 Å². The Bertz CT molecular complexity index is 2030. The minimum absolute atomic E-state index is 0.000673. The molecule has 0 unspecified atom stereocenters. The highest BCUT2D eigenvalue weighted by Gasteiger charge is 2.32. The molecule has 18 heteroatoms. The van der Waals surface area contributed by atoms with Gasteiger partial charge in [-0.2, -0.15) is 0 Å². The van der Waals surface area contributed by atoms with Crippen LogP contribution in [0, 0.1) is 0 Å². The first-order valence-electron chi connectivity index (χ1n) is 17.4. The van der Waals surface area contributed by atoms with Crippen molar-refractivity contribution in [3.63, 3.8) is 0 Å². The highest BCUT2D eigenvalue weighted by molar-refractivity contribution is 7.46. The maximum absolute atomic E-state index is 12.0. The van der Waals surface area contributed by atoms with Gasteiger partial charge in [-0.3, -0.25) is 24.2 Å². The highest BCUT2D eigenvalue weighted by Crippen LogP contribution is 2.39. The van der Waals surface area contributed by atoms with Gasteiger partial charge in [0.25, 0.3) is 11.8 Å². The molecule has 53 heavy (non-hydrogen) atoms. The number of anilines is 1. The van der Waals surface area contributed by atoms with Gasteiger partial charge in [0, 0.05) is 56.4 Å². The van der Waals surface area contributed by atoms with E-state index in [9.17, 15) is 38.6 Å². The number of imide groups is 1. The predicted octanol–water partition coefficient (Wildman–Crippen LogP) is 3.58. The summed E-state index contributed by atoms with van der Waals surface area (Å²) in [5, 5.41) is 14.6. The van der Waals surface area contributed by atoms with Crippen LogP contribution in [0.5, 0.6) is 11.5 Å². The molecule has 17 nitrogen and oxygen atoms in total. The Morgan fingerprint density at radius 3 is 2.47 bits per heavy atom. The molecular formula is C35H43N6O11P. The van der Waals surface area contributed by atoms with Gasteiger partial charge in [0.15, 0.2) is 5.82 Å². The van der Waals surface area contributed by atoms with Crippen molar-refractivity contribution in [1.29, 1.82) is 0 Å². The number of benzene rings is 2. The Labute approximate surface area is 304 Å². The maximum atomic E-state index is 12.0. The molecule has 0 bridgehead atoms. The number of ether oxygens (including phenoxy) is 1. The molecule has 0 spiro atoms. The molecule has 0 atom stereocenters. The van der Waals surface area contributed by atoms with Gasteiger partial charge < -0.3 is 34.8 Å². The number of unbranched alkanes of at least 4 members (excludes halogenated alkanes) is 1. The lowest BCUT2D eigenvalue weighted by molar-refractivity contribution is -0.197. The third-order valence-electron chi connectivity index (χ3n) is 8.50. The van der Waals surface area contributed by atoms with E-state index in [4.69, 9.17) is 24.8 Å². The number of hydroxylamine groups is 2. The number of imidazole rings is 1. The molecule has 2 aromatic carbocycles. The topological polar surface area (TPSA) is 246 Å². The number of nitrogens with one attached hydrogen (secondary N) is 1. The van der Waals surface area contributed by atoms with Crippen LogP contribution in [-0.4, -0.2) is 77.9 Å². The van der Waals surface area contributed by atoms with E-state index in [2.05, 4.69) is 17.2 Å². The minimum Gasteiger partial charge on any atom is -0.508 e. The lowest BCUT2D eigenvalue weighted by atomic mass is 10.1. The zero-order valence-electron chi connectivity index (χ0n) is 29.3. The number of phenolic OH excluding ortho intramolecular Hbond substituents is 1. The Kier molecular flexibility index (Phi) is 13.0. The Hall–Kier alpha value is -5.09. The molecule has 2 aromatic heterocycles. The molecule has 3 amide bonds. The van der Waals surface area contributed by atoms with Gasteiger partial charge in [0.2, 0.25) is 5.91 Å². The number of phenols is 1. The first kappa shape index (κ1) is 39.1. The Balaban J connectivity index is 1.14. The molecule has 6 N–H and O–H groups in total. The fourth-order valence-electron chi connectivity index (χ4n) is 5.90. The number of nitrogen functional groups attached to an aromatic ring is 1. The van der Waals surface area contributed by atoms with E-state index >= 15 is 0 Å². The van der Waals surface area contributed by atoms with Crippen molar-refractivity contribution in [3.8, 4) is 11.5 Å². The SMILES string of the molecule is CCCCc1nc2c(N)nc3cc(CCCOCCCNC(=O)CCC(=O)ON4C(=O)CCC4=O)ccc3c2n1Cc1cc(OP(=O)(O)O)ccc1O. The number of phosphoric ester groups is 1. The van der Waals surface area contributed by atoms with Gasteiger partial charge >= 0.3 is 13.8 Å². The van der Waals surface area contributed by atoms with Gasteiger partial charge in [-0.15, -0.1) is 5.06 Å². The fourth-order valence-corrected chi connectivity index (χ4v) is 6.29. The molecule has 284 valence electrons. The van der Waals surface area contributed by atoms with Gasteiger partial charge in [0.1, 0.15) is 22.8 Å². The summed E-state index contributed by atoms with van der Waals surface area (Å²) < 4.78 is 23.9. The number of carbonyl (C=O) groups excluding carboxylic acids is 4. The number of fused-ring (bicyclic) bond motifs is 3. The summed E-state index contributed by atoms with van der Waals surface area (Å²) in [5.41, 5.74) is 9.76. The third kappa shape index (κ3) is 10.5. The van der Waals surface area contributed by atoms with Crippen LogP contribution in [0.4, 0.5) is 5.82 Å². The van der Waals surface area contributed by atoms with E-state index in [0.29, 0.717) is 60.7 Å². The second-order valence-corrected chi connectivity index (χ2v) is 13.8. The number of hydrogen-bond donors (Lipinski definition) is 5. The largest absolute Gasteiger partial charge is 0.524 e. The van der Waals surface area contributed by atoms with Crippen LogP contribution in [0.2, 0.25) is 0 Å². The van der Waals surface area contributed by atoms with Crippen molar-refractivity contribution in [2.24, 2.45) is 0 Å². The Morgan fingerprint density at radius 2 is 1.74 bits per heavy atom. The smallest absolute Gasteiger partial charge is 0.508 e. The van der Waals surface area contributed by atoms with E-state index in [-0.39, 0.29) is 55.5 Å². The number of amides is 3. The van der Waals surface area contributed by atoms with Crippen molar-refractivity contribution < 1.29 is 52.7 Å².